The van der Waals surface area contributed by atoms with Gasteiger partial charge < -0.3 is 5.32 Å². The van der Waals surface area contributed by atoms with Gasteiger partial charge in [-0.2, -0.15) is 0 Å². The first-order valence-electron chi connectivity index (χ1n) is 7.90. The van der Waals surface area contributed by atoms with E-state index in [2.05, 4.69) is 5.32 Å². The Kier molecular flexibility index (Phi) is 5.76. The van der Waals surface area contributed by atoms with Crippen LogP contribution in [0.1, 0.15) is 22.3 Å². The van der Waals surface area contributed by atoms with Crippen LogP contribution >= 0.6 is 0 Å². The molecule has 0 unspecified atom stereocenters. The molecule has 0 aliphatic rings. The fraction of sp³-hybridized carbons (Fsp3) is 0.278. The fourth-order valence-corrected chi connectivity index (χ4v) is 4.41. The highest BCUT2D eigenvalue weighted by Gasteiger charge is 2.25. The molecule has 0 atom stereocenters. The van der Waals surface area contributed by atoms with Crippen molar-refractivity contribution in [1.29, 1.82) is 0 Å². The molecule has 0 aliphatic carbocycles. The van der Waals surface area contributed by atoms with Crippen LogP contribution in [0.2, 0.25) is 0 Å². The SMILES string of the molecule is Cc1ccccc1CC(=O)Nc1cc(C)c(S(=O)(=O)C[N+](=O)[O-])c(C)c1. The molecule has 26 heavy (non-hydrogen) atoms. The molecule has 0 bridgehead atoms. The summed E-state index contributed by atoms with van der Waals surface area (Å²) in [6.07, 6.45) is 0.201. The third-order valence-electron chi connectivity index (χ3n) is 3.94. The van der Waals surface area contributed by atoms with Gasteiger partial charge in [0.1, 0.15) is 0 Å². The molecule has 0 saturated heterocycles. The number of nitro groups is 1. The number of hydrogen-bond donors (Lipinski definition) is 1. The number of carbonyl (C=O) groups excluding carboxylic acids is 1. The minimum atomic E-state index is -4.03. The van der Waals surface area contributed by atoms with Gasteiger partial charge in [0, 0.05) is 10.6 Å². The second kappa shape index (κ2) is 7.65. The Balaban J connectivity index is 2.23. The van der Waals surface area contributed by atoms with Crippen LogP contribution in [0.4, 0.5) is 5.69 Å². The molecule has 0 aliphatic heterocycles. The first-order valence-corrected chi connectivity index (χ1v) is 9.55. The third kappa shape index (κ3) is 4.66. The first kappa shape index (κ1) is 19.6. The lowest BCUT2D eigenvalue weighted by Crippen LogP contribution is -2.18. The monoisotopic (exact) mass is 376 g/mol. The average molecular weight is 376 g/mol. The largest absolute Gasteiger partial charge is 0.326 e. The number of carbonyl (C=O) groups is 1. The molecule has 0 radical (unpaired) electrons. The summed E-state index contributed by atoms with van der Waals surface area (Å²) in [6.45, 7) is 5.03. The van der Waals surface area contributed by atoms with E-state index in [1.165, 1.54) is 12.1 Å². The molecular weight excluding hydrogens is 356 g/mol. The van der Waals surface area contributed by atoms with Crippen LogP contribution in [0, 0.1) is 30.9 Å². The summed E-state index contributed by atoms with van der Waals surface area (Å²) in [7, 11) is -4.03. The Morgan fingerprint density at radius 3 is 2.19 bits per heavy atom. The number of aryl methyl sites for hydroxylation is 3. The van der Waals surface area contributed by atoms with Crippen LogP contribution in [-0.4, -0.2) is 25.1 Å². The van der Waals surface area contributed by atoms with Gasteiger partial charge in [-0.05, 0) is 55.2 Å². The van der Waals surface area contributed by atoms with Crippen LogP contribution in [-0.2, 0) is 21.1 Å². The van der Waals surface area contributed by atoms with Crippen LogP contribution in [0.15, 0.2) is 41.3 Å². The number of benzene rings is 2. The van der Waals surface area contributed by atoms with Gasteiger partial charge in [0.2, 0.25) is 15.7 Å². The number of nitrogens with zero attached hydrogens (tertiary/aromatic N) is 1. The lowest BCUT2D eigenvalue weighted by atomic mass is 10.1. The molecule has 0 fully saturated rings. The van der Waals surface area contributed by atoms with Gasteiger partial charge in [-0.25, -0.2) is 8.42 Å². The van der Waals surface area contributed by atoms with E-state index in [0.717, 1.165) is 11.1 Å². The number of hydrogen-bond acceptors (Lipinski definition) is 5. The quantitative estimate of drug-likeness (QED) is 0.616. The Hall–Kier alpha value is -2.74. The summed E-state index contributed by atoms with van der Waals surface area (Å²) in [4.78, 5) is 21.9. The number of amides is 1. The number of nitrogens with one attached hydrogen (secondary N) is 1. The minimum absolute atomic E-state index is 0.0638. The number of sulfone groups is 1. The van der Waals surface area contributed by atoms with E-state index in [-0.39, 0.29) is 17.2 Å². The van der Waals surface area contributed by atoms with Gasteiger partial charge in [0.05, 0.1) is 11.3 Å². The van der Waals surface area contributed by atoms with E-state index in [1.807, 2.05) is 31.2 Å². The maximum Gasteiger partial charge on any atom is 0.305 e. The van der Waals surface area contributed by atoms with E-state index in [1.54, 1.807) is 13.8 Å². The van der Waals surface area contributed by atoms with Gasteiger partial charge in [-0.1, -0.05) is 24.3 Å². The molecule has 138 valence electrons. The zero-order chi connectivity index (χ0) is 19.5. The van der Waals surface area contributed by atoms with Crippen LogP contribution < -0.4 is 5.32 Å². The van der Waals surface area contributed by atoms with Gasteiger partial charge in [-0.3, -0.25) is 14.9 Å². The Morgan fingerprint density at radius 2 is 1.65 bits per heavy atom. The van der Waals surface area contributed by atoms with Crippen LogP contribution in [0.5, 0.6) is 0 Å². The van der Waals surface area contributed by atoms with Crippen molar-refractivity contribution < 1.29 is 18.1 Å². The van der Waals surface area contributed by atoms with Gasteiger partial charge in [-0.15, -0.1) is 0 Å². The van der Waals surface area contributed by atoms with E-state index in [9.17, 15) is 23.3 Å². The first-order chi connectivity index (χ1) is 12.1. The molecule has 2 aromatic carbocycles. The molecular formula is C18H20N2O5S. The summed E-state index contributed by atoms with van der Waals surface area (Å²) in [5, 5.41) is 13.3. The summed E-state index contributed by atoms with van der Waals surface area (Å²) in [6, 6.07) is 10.6. The zero-order valence-electron chi connectivity index (χ0n) is 14.8. The number of anilines is 1. The van der Waals surface area contributed by atoms with E-state index in [0.29, 0.717) is 16.8 Å². The molecule has 1 N–H and O–H groups in total. The Morgan fingerprint density at radius 1 is 1.08 bits per heavy atom. The highest BCUT2D eigenvalue weighted by atomic mass is 32.2. The van der Waals surface area contributed by atoms with Crippen molar-refractivity contribution in [1.82, 2.24) is 0 Å². The second-order valence-corrected chi connectivity index (χ2v) is 8.06. The summed E-state index contributed by atoms with van der Waals surface area (Å²) < 4.78 is 24.3. The van der Waals surface area contributed by atoms with Crippen molar-refractivity contribution in [2.75, 3.05) is 11.2 Å². The molecule has 2 aromatic rings. The van der Waals surface area contributed by atoms with Gasteiger partial charge >= 0.3 is 5.88 Å². The lowest BCUT2D eigenvalue weighted by molar-refractivity contribution is -0.458. The smallest absolute Gasteiger partial charge is 0.305 e. The molecule has 0 saturated carbocycles. The standard InChI is InChI=1S/C18H20N2O5S/c1-12-6-4-5-7-15(12)10-17(21)19-16-8-13(2)18(14(3)9-16)26(24,25)11-20(22)23/h4-9H,10-11H2,1-3H3,(H,19,21). The summed E-state index contributed by atoms with van der Waals surface area (Å²) >= 11 is 0. The molecule has 7 nitrogen and oxygen atoms in total. The highest BCUT2D eigenvalue weighted by Crippen LogP contribution is 2.25. The molecule has 8 heteroatoms. The number of rotatable bonds is 6. The van der Waals surface area contributed by atoms with Crippen molar-refractivity contribution in [2.45, 2.75) is 32.1 Å². The highest BCUT2D eigenvalue weighted by molar-refractivity contribution is 7.91. The summed E-state index contributed by atoms with van der Waals surface area (Å²) in [5.41, 5.74) is 3.09. The lowest BCUT2D eigenvalue weighted by Gasteiger charge is -2.13. The van der Waals surface area contributed by atoms with E-state index >= 15 is 0 Å². The minimum Gasteiger partial charge on any atom is -0.326 e. The maximum absolute atomic E-state index is 12.3. The van der Waals surface area contributed by atoms with Crippen molar-refractivity contribution in [3.63, 3.8) is 0 Å². The molecule has 0 aromatic heterocycles. The van der Waals surface area contributed by atoms with Crippen LogP contribution in [0.3, 0.4) is 0 Å². The fourth-order valence-electron chi connectivity index (χ4n) is 2.90. The van der Waals surface area contributed by atoms with E-state index < -0.39 is 20.6 Å². The predicted molar refractivity (Wildman–Crippen MR) is 98.5 cm³/mol. The van der Waals surface area contributed by atoms with E-state index in [4.69, 9.17) is 0 Å². The molecule has 2 rings (SSSR count). The van der Waals surface area contributed by atoms with Crippen molar-refractivity contribution in [3.8, 4) is 0 Å². The van der Waals surface area contributed by atoms with Crippen molar-refractivity contribution in [2.24, 2.45) is 0 Å². The molecule has 0 spiro atoms. The topological polar surface area (TPSA) is 106 Å². The normalized spacial score (nSPS) is 11.2. The van der Waals surface area contributed by atoms with Gasteiger partial charge in [0.25, 0.3) is 0 Å². The summed E-state index contributed by atoms with van der Waals surface area (Å²) in [5.74, 6) is -1.38. The van der Waals surface area contributed by atoms with Gasteiger partial charge in [0.15, 0.2) is 0 Å². The van der Waals surface area contributed by atoms with Crippen LogP contribution in [0.25, 0.3) is 0 Å². The molecule has 1 amide bonds. The zero-order valence-corrected chi connectivity index (χ0v) is 15.6. The Bertz CT molecular complexity index is 944. The maximum atomic E-state index is 12.3. The predicted octanol–water partition coefficient (Wildman–Crippen LogP) is 2.80. The van der Waals surface area contributed by atoms with Crippen molar-refractivity contribution >= 4 is 21.4 Å². The third-order valence-corrected chi connectivity index (χ3v) is 5.76. The average Bonchev–Trinajstić information content (AvgIpc) is 2.47. The van der Waals surface area contributed by atoms with Crippen molar-refractivity contribution in [3.05, 3.63) is 68.8 Å². The Labute approximate surface area is 152 Å². The molecule has 0 heterocycles. The second-order valence-electron chi connectivity index (χ2n) is 6.17.